The topological polar surface area (TPSA) is 103 Å². The number of carbonyl (C=O) groups excluding carboxylic acids is 1. The molecular weight excluding hydrogens is 328 g/mol. The molecule has 1 aromatic heterocycles. The van der Waals surface area contributed by atoms with Crippen molar-refractivity contribution in [2.75, 3.05) is 28.4 Å². The van der Waals surface area contributed by atoms with Gasteiger partial charge in [-0.1, -0.05) is 6.07 Å². The third-order valence-electron chi connectivity index (χ3n) is 4.07. The first-order valence-electron chi connectivity index (χ1n) is 7.61. The van der Waals surface area contributed by atoms with Gasteiger partial charge in [0.25, 0.3) is 5.56 Å². The predicted octanol–water partition coefficient (Wildman–Crippen LogP) is 1.73. The fourth-order valence-corrected chi connectivity index (χ4v) is 2.89. The Balaban J connectivity index is 2.70. The summed E-state index contributed by atoms with van der Waals surface area (Å²) in [4.78, 5) is 24.2. The minimum Gasteiger partial charge on any atom is -0.493 e. The summed E-state index contributed by atoms with van der Waals surface area (Å²) >= 11 is 0. The van der Waals surface area contributed by atoms with Gasteiger partial charge in [0.05, 0.1) is 34.9 Å². The summed E-state index contributed by atoms with van der Waals surface area (Å²) in [7, 11) is 5.81. The Kier molecular flexibility index (Phi) is 5.74. The average Bonchev–Trinajstić information content (AvgIpc) is 2.96. The van der Waals surface area contributed by atoms with E-state index in [4.69, 9.17) is 18.9 Å². The monoisotopic (exact) mass is 350 g/mol. The molecular formula is C17H22N2O6. The van der Waals surface area contributed by atoms with E-state index in [1.54, 1.807) is 19.1 Å². The van der Waals surface area contributed by atoms with E-state index in [9.17, 15) is 9.59 Å². The van der Waals surface area contributed by atoms with E-state index in [2.05, 4.69) is 10.2 Å². The van der Waals surface area contributed by atoms with Gasteiger partial charge in [-0.05, 0) is 13.0 Å². The van der Waals surface area contributed by atoms with Crippen molar-refractivity contribution >= 4 is 5.97 Å². The Morgan fingerprint density at radius 2 is 1.72 bits per heavy atom. The van der Waals surface area contributed by atoms with E-state index in [-0.39, 0.29) is 12.0 Å². The number of nitrogens with one attached hydrogen (secondary N) is 2. The fourth-order valence-electron chi connectivity index (χ4n) is 2.89. The Hall–Kier alpha value is -2.90. The number of H-pyrrole nitrogens is 2. The first-order valence-corrected chi connectivity index (χ1v) is 7.61. The third-order valence-corrected chi connectivity index (χ3v) is 4.07. The molecule has 136 valence electrons. The van der Waals surface area contributed by atoms with Crippen LogP contribution in [0.4, 0.5) is 0 Å². The Bertz CT molecular complexity index is 808. The summed E-state index contributed by atoms with van der Waals surface area (Å²) in [6.07, 6.45) is -0.0237. The van der Waals surface area contributed by atoms with Crippen LogP contribution in [-0.4, -0.2) is 44.6 Å². The van der Waals surface area contributed by atoms with Gasteiger partial charge in [0, 0.05) is 22.7 Å². The van der Waals surface area contributed by atoms with E-state index in [0.29, 0.717) is 34.1 Å². The van der Waals surface area contributed by atoms with Gasteiger partial charge < -0.3 is 24.0 Å². The van der Waals surface area contributed by atoms with Crippen LogP contribution in [0.15, 0.2) is 16.9 Å². The molecule has 0 amide bonds. The Morgan fingerprint density at radius 1 is 1.04 bits per heavy atom. The molecule has 0 unspecified atom stereocenters. The summed E-state index contributed by atoms with van der Waals surface area (Å²) in [5.74, 6) is 0.261. The highest BCUT2D eigenvalue weighted by Crippen LogP contribution is 2.45. The third kappa shape index (κ3) is 3.47. The molecule has 1 atom stereocenters. The molecule has 0 spiro atoms. The van der Waals surface area contributed by atoms with Gasteiger partial charge >= 0.3 is 5.97 Å². The van der Waals surface area contributed by atoms with Crippen LogP contribution in [0, 0.1) is 6.92 Å². The minimum atomic E-state index is -0.572. The van der Waals surface area contributed by atoms with Crippen LogP contribution >= 0.6 is 0 Å². The van der Waals surface area contributed by atoms with Gasteiger partial charge in [-0.2, -0.15) is 0 Å². The van der Waals surface area contributed by atoms with Gasteiger partial charge in [-0.3, -0.25) is 14.7 Å². The normalized spacial score (nSPS) is 11.7. The van der Waals surface area contributed by atoms with Crippen LogP contribution in [0.25, 0.3) is 0 Å². The first kappa shape index (κ1) is 18.4. The highest BCUT2D eigenvalue weighted by molar-refractivity contribution is 5.72. The molecule has 0 saturated heterocycles. The Labute approximate surface area is 145 Å². The van der Waals surface area contributed by atoms with E-state index in [0.717, 1.165) is 0 Å². The summed E-state index contributed by atoms with van der Waals surface area (Å²) < 4.78 is 21.0. The molecule has 0 aliphatic heterocycles. The second-order valence-electron chi connectivity index (χ2n) is 5.37. The maximum absolute atomic E-state index is 12.3. The molecule has 0 radical (unpaired) electrons. The lowest BCUT2D eigenvalue weighted by atomic mass is 9.87. The Morgan fingerprint density at radius 3 is 2.20 bits per heavy atom. The number of methoxy groups -OCH3 is 4. The van der Waals surface area contributed by atoms with Crippen molar-refractivity contribution in [2.45, 2.75) is 19.3 Å². The van der Waals surface area contributed by atoms with Crippen LogP contribution in [0.3, 0.4) is 0 Å². The number of esters is 1. The molecule has 0 saturated carbocycles. The first-order chi connectivity index (χ1) is 12.0. The maximum Gasteiger partial charge on any atom is 0.306 e. The molecule has 0 fully saturated rings. The van der Waals surface area contributed by atoms with E-state index in [1.165, 1.54) is 28.4 Å². The van der Waals surface area contributed by atoms with Crippen LogP contribution < -0.4 is 19.8 Å². The fraction of sp³-hybridized carbons (Fsp3) is 0.412. The van der Waals surface area contributed by atoms with E-state index >= 15 is 0 Å². The largest absolute Gasteiger partial charge is 0.493 e. The lowest BCUT2D eigenvalue weighted by Crippen LogP contribution is -2.18. The molecule has 2 rings (SSSR count). The molecule has 2 N–H and O–H groups in total. The van der Waals surface area contributed by atoms with Crippen molar-refractivity contribution in [1.82, 2.24) is 10.2 Å². The number of ether oxygens (including phenoxy) is 4. The van der Waals surface area contributed by atoms with Crippen molar-refractivity contribution in [3.05, 3.63) is 39.3 Å². The number of carbonyl (C=O) groups is 1. The summed E-state index contributed by atoms with van der Waals surface area (Å²) in [6.45, 7) is 1.75. The number of hydrogen-bond acceptors (Lipinski definition) is 6. The summed E-state index contributed by atoms with van der Waals surface area (Å²) in [5.41, 5.74) is 1.40. The molecule has 8 heteroatoms. The zero-order valence-corrected chi connectivity index (χ0v) is 14.9. The lowest BCUT2D eigenvalue weighted by molar-refractivity contribution is -0.140. The summed E-state index contributed by atoms with van der Waals surface area (Å²) in [6, 6.07) is 3.46. The maximum atomic E-state index is 12.3. The highest BCUT2D eigenvalue weighted by Gasteiger charge is 2.29. The average molecular weight is 350 g/mol. The van der Waals surface area contributed by atoms with Gasteiger partial charge in [0.2, 0.25) is 5.75 Å². The highest BCUT2D eigenvalue weighted by atomic mass is 16.5. The van der Waals surface area contributed by atoms with Gasteiger partial charge in [0.15, 0.2) is 11.5 Å². The van der Waals surface area contributed by atoms with Gasteiger partial charge in [-0.25, -0.2) is 0 Å². The van der Waals surface area contributed by atoms with E-state index < -0.39 is 11.9 Å². The van der Waals surface area contributed by atoms with Crippen LogP contribution in [-0.2, 0) is 9.53 Å². The molecule has 0 aliphatic rings. The van der Waals surface area contributed by atoms with Crippen molar-refractivity contribution in [1.29, 1.82) is 0 Å². The second-order valence-corrected chi connectivity index (χ2v) is 5.37. The van der Waals surface area contributed by atoms with Crippen LogP contribution in [0.1, 0.15) is 29.2 Å². The number of hydrogen-bond donors (Lipinski definition) is 2. The number of aryl methyl sites for hydroxylation is 1. The molecule has 0 bridgehead atoms. The molecule has 1 aromatic carbocycles. The quantitative estimate of drug-likeness (QED) is 0.737. The molecule has 8 nitrogen and oxygen atoms in total. The predicted molar refractivity (Wildman–Crippen MR) is 90.7 cm³/mol. The SMILES string of the molecule is COC(=O)C[C@H](c1ccc(OC)c(OC)c1OC)c1c(C)[nH][nH]c1=O. The minimum absolute atomic E-state index is 0.0237. The van der Waals surface area contributed by atoms with Crippen LogP contribution in [0.2, 0.25) is 0 Å². The van der Waals surface area contributed by atoms with Crippen molar-refractivity contribution < 1.29 is 23.7 Å². The number of aromatic amines is 2. The van der Waals surface area contributed by atoms with Gasteiger partial charge in [-0.15, -0.1) is 0 Å². The number of rotatable bonds is 7. The molecule has 2 aromatic rings. The zero-order chi connectivity index (χ0) is 18.6. The smallest absolute Gasteiger partial charge is 0.306 e. The lowest BCUT2D eigenvalue weighted by Gasteiger charge is -2.21. The van der Waals surface area contributed by atoms with Crippen molar-refractivity contribution in [3.63, 3.8) is 0 Å². The van der Waals surface area contributed by atoms with E-state index in [1.807, 2.05) is 0 Å². The van der Waals surface area contributed by atoms with Gasteiger partial charge in [0.1, 0.15) is 0 Å². The molecule has 25 heavy (non-hydrogen) atoms. The number of benzene rings is 1. The van der Waals surface area contributed by atoms with Crippen molar-refractivity contribution in [2.24, 2.45) is 0 Å². The zero-order valence-electron chi connectivity index (χ0n) is 14.9. The second kappa shape index (κ2) is 7.78. The van der Waals surface area contributed by atoms with Crippen LogP contribution in [0.5, 0.6) is 17.2 Å². The molecule has 0 aliphatic carbocycles. The summed E-state index contributed by atoms with van der Waals surface area (Å²) in [5, 5.41) is 5.32. The number of aromatic nitrogens is 2. The standard InChI is InChI=1S/C17H22N2O6/c1-9-14(17(21)19-18-9)11(8-13(20)23-3)10-6-7-12(22-2)16(25-5)15(10)24-4/h6-7,11H,8H2,1-5H3,(H2,18,19,21)/t11-/m1/s1. The van der Waals surface area contributed by atoms with Crippen molar-refractivity contribution in [3.8, 4) is 17.2 Å². The molecule has 1 heterocycles.